The first-order valence-corrected chi connectivity index (χ1v) is 5.14. The number of aromatic nitrogens is 1. The first-order valence-electron chi connectivity index (χ1n) is 4.76. The van der Waals surface area contributed by atoms with Gasteiger partial charge < -0.3 is 9.67 Å². The van der Waals surface area contributed by atoms with Crippen molar-refractivity contribution in [2.24, 2.45) is 0 Å². The topological polar surface area (TPSA) is 25.2 Å². The molecule has 1 N–H and O–H groups in total. The standard InChI is InChI=1S/C12H12ClNO/c1-9-11(13)5-2-6-12(9)14-7-3-4-10(14)8-15/h2-7,15H,8H2,1H3. The SMILES string of the molecule is Cc1c(Cl)cccc1-n1cccc1CO. The second-order valence-electron chi connectivity index (χ2n) is 3.41. The Morgan fingerprint density at radius 1 is 1.27 bits per heavy atom. The zero-order valence-electron chi connectivity index (χ0n) is 8.44. The summed E-state index contributed by atoms with van der Waals surface area (Å²) in [5, 5.41) is 9.92. The third-order valence-electron chi connectivity index (χ3n) is 2.49. The quantitative estimate of drug-likeness (QED) is 0.829. The first kappa shape index (κ1) is 10.3. The molecule has 15 heavy (non-hydrogen) atoms. The summed E-state index contributed by atoms with van der Waals surface area (Å²) in [6.45, 7) is 2.00. The van der Waals surface area contributed by atoms with E-state index in [4.69, 9.17) is 11.6 Å². The Hall–Kier alpha value is -1.25. The van der Waals surface area contributed by atoms with E-state index in [-0.39, 0.29) is 6.61 Å². The molecule has 0 atom stereocenters. The maximum absolute atomic E-state index is 9.18. The average Bonchev–Trinajstić information content (AvgIpc) is 2.70. The molecule has 0 radical (unpaired) electrons. The molecule has 1 aromatic carbocycles. The minimum Gasteiger partial charge on any atom is -0.390 e. The summed E-state index contributed by atoms with van der Waals surface area (Å²) < 4.78 is 1.95. The van der Waals surface area contributed by atoms with Crippen molar-refractivity contribution in [3.05, 3.63) is 52.8 Å². The van der Waals surface area contributed by atoms with Gasteiger partial charge in [-0.2, -0.15) is 0 Å². The van der Waals surface area contributed by atoms with E-state index in [1.54, 1.807) is 0 Å². The van der Waals surface area contributed by atoms with E-state index >= 15 is 0 Å². The van der Waals surface area contributed by atoms with E-state index in [1.807, 2.05) is 48.0 Å². The summed E-state index contributed by atoms with van der Waals surface area (Å²) in [5.41, 5.74) is 2.89. The van der Waals surface area contributed by atoms with Gasteiger partial charge in [-0.05, 0) is 36.8 Å². The van der Waals surface area contributed by atoms with E-state index < -0.39 is 0 Å². The van der Waals surface area contributed by atoms with Crippen LogP contribution in [-0.4, -0.2) is 9.67 Å². The van der Waals surface area contributed by atoms with Gasteiger partial charge in [-0.15, -0.1) is 0 Å². The minimum atomic E-state index is 0.0267. The van der Waals surface area contributed by atoms with Crippen LogP contribution in [0.2, 0.25) is 5.02 Å². The molecular formula is C12H12ClNO. The molecule has 2 rings (SSSR count). The number of hydrogen-bond acceptors (Lipinski definition) is 1. The van der Waals surface area contributed by atoms with Crippen LogP contribution in [0.1, 0.15) is 11.3 Å². The highest BCUT2D eigenvalue weighted by molar-refractivity contribution is 6.31. The predicted molar refractivity (Wildman–Crippen MR) is 61.4 cm³/mol. The average molecular weight is 222 g/mol. The minimum absolute atomic E-state index is 0.0267. The summed E-state index contributed by atoms with van der Waals surface area (Å²) in [7, 11) is 0. The van der Waals surface area contributed by atoms with Gasteiger partial charge in [-0.1, -0.05) is 17.7 Å². The van der Waals surface area contributed by atoms with E-state index in [2.05, 4.69) is 0 Å². The number of rotatable bonds is 2. The molecule has 0 fully saturated rings. The van der Waals surface area contributed by atoms with Gasteiger partial charge in [-0.25, -0.2) is 0 Å². The normalized spacial score (nSPS) is 10.6. The van der Waals surface area contributed by atoms with E-state index in [9.17, 15) is 5.11 Å². The summed E-state index contributed by atoms with van der Waals surface area (Å²) in [5.74, 6) is 0. The molecule has 0 saturated carbocycles. The second kappa shape index (κ2) is 4.09. The van der Waals surface area contributed by atoms with Crippen LogP contribution in [0, 0.1) is 6.92 Å². The molecule has 0 bridgehead atoms. The number of benzene rings is 1. The van der Waals surface area contributed by atoms with Crippen LogP contribution in [-0.2, 0) is 6.61 Å². The van der Waals surface area contributed by atoms with Crippen molar-refractivity contribution in [1.29, 1.82) is 0 Å². The molecule has 0 aliphatic rings. The highest BCUT2D eigenvalue weighted by atomic mass is 35.5. The third kappa shape index (κ3) is 1.78. The molecule has 0 spiro atoms. The van der Waals surface area contributed by atoms with Crippen LogP contribution in [0.4, 0.5) is 0 Å². The third-order valence-corrected chi connectivity index (χ3v) is 2.90. The molecule has 1 aromatic heterocycles. The smallest absolute Gasteiger partial charge is 0.0836 e. The van der Waals surface area contributed by atoms with Gasteiger partial charge in [0.2, 0.25) is 0 Å². The molecule has 0 unspecified atom stereocenters. The van der Waals surface area contributed by atoms with Crippen LogP contribution >= 0.6 is 11.6 Å². The lowest BCUT2D eigenvalue weighted by Gasteiger charge is -2.11. The Kier molecular flexibility index (Phi) is 2.80. The fourth-order valence-corrected chi connectivity index (χ4v) is 1.81. The van der Waals surface area contributed by atoms with Crippen LogP contribution in [0.3, 0.4) is 0 Å². The van der Waals surface area contributed by atoms with Crippen LogP contribution in [0.5, 0.6) is 0 Å². The van der Waals surface area contributed by atoms with Crippen LogP contribution < -0.4 is 0 Å². The number of halogens is 1. The monoisotopic (exact) mass is 221 g/mol. The van der Waals surface area contributed by atoms with Gasteiger partial charge in [0.05, 0.1) is 6.61 Å². The Balaban J connectivity index is 2.59. The van der Waals surface area contributed by atoms with Crippen LogP contribution in [0.15, 0.2) is 36.5 Å². The summed E-state index contributed by atoms with van der Waals surface area (Å²) >= 11 is 6.05. The molecule has 78 valence electrons. The number of nitrogens with zero attached hydrogens (tertiary/aromatic N) is 1. The van der Waals surface area contributed by atoms with E-state index in [0.29, 0.717) is 0 Å². The summed E-state index contributed by atoms with van der Waals surface area (Å²) in [6.07, 6.45) is 1.92. The number of hydrogen-bond donors (Lipinski definition) is 1. The largest absolute Gasteiger partial charge is 0.390 e. The molecule has 0 aliphatic heterocycles. The molecule has 0 aliphatic carbocycles. The number of aliphatic hydroxyl groups is 1. The van der Waals surface area contributed by atoms with Crippen molar-refractivity contribution < 1.29 is 5.11 Å². The summed E-state index contributed by atoms with van der Waals surface area (Å²) in [6, 6.07) is 9.56. The Morgan fingerprint density at radius 3 is 2.80 bits per heavy atom. The molecule has 0 amide bonds. The van der Waals surface area contributed by atoms with E-state index in [1.165, 1.54) is 0 Å². The van der Waals surface area contributed by atoms with Gasteiger partial charge >= 0.3 is 0 Å². The maximum atomic E-state index is 9.18. The molecular weight excluding hydrogens is 210 g/mol. The van der Waals surface area contributed by atoms with Crippen molar-refractivity contribution in [3.8, 4) is 5.69 Å². The van der Waals surface area contributed by atoms with Gasteiger partial charge in [0.1, 0.15) is 0 Å². The Labute approximate surface area is 93.7 Å². The molecule has 0 saturated heterocycles. The van der Waals surface area contributed by atoms with Crippen molar-refractivity contribution in [3.63, 3.8) is 0 Å². The van der Waals surface area contributed by atoms with Crippen LogP contribution in [0.25, 0.3) is 5.69 Å². The maximum Gasteiger partial charge on any atom is 0.0836 e. The molecule has 3 heteroatoms. The van der Waals surface area contributed by atoms with Gasteiger partial charge in [0.15, 0.2) is 0 Å². The molecule has 2 aromatic rings. The Morgan fingerprint density at radius 2 is 2.07 bits per heavy atom. The zero-order valence-corrected chi connectivity index (χ0v) is 9.20. The zero-order chi connectivity index (χ0) is 10.8. The van der Waals surface area contributed by atoms with Gasteiger partial charge in [0.25, 0.3) is 0 Å². The fraction of sp³-hybridized carbons (Fsp3) is 0.167. The highest BCUT2D eigenvalue weighted by Gasteiger charge is 2.06. The first-order chi connectivity index (χ1) is 7.24. The van der Waals surface area contributed by atoms with E-state index in [0.717, 1.165) is 22.0 Å². The summed E-state index contributed by atoms with van der Waals surface area (Å²) in [4.78, 5) is 0. The molecule has 1 heterocycles. The van der Waals surface area contributed by atoms with Gasteiger partial charge in [0, 0.05) is 22.6 Å². The van der Waals surface area contributed by atoms with Crippen molar-refractivity contribution in [2.75, 3.05) is 0 Å². The lowest BCUT2D eigenvalue weighted by molar-refractivity contribution is 0.274. The van der Waals surface area contributed by atoms with Crippen molar-refractivity contribution in [1.82, 2.24) is 4.57 Å². The molecule has 2 nitrogen and oxygen atoms in total. The van der Waals surface area contributed by atoms with Crippen molar-refractivity contribution in [2.45, 2.75) is 13.5 Å². The predicted octanol–water partition coefficient (Wildman–Crippen LogP) is 2.93. The Bertz CT molecular complexity index is 476. The number of aliphatic hydroxyl groups excluding tert-OH is 1. The highest BCUT2D eigenvalue weighted by Crippen LogP contribution is 2.23. The van der Waals surface area contributed by atoms with Crippen molar-refractivity contribution >= 4 is 11.6 Å². The fourth-order valence-electron chi connectivity index (χ4n) is 1.64. The lowest BCUT2D eigenvalue weighted by Crippen LogP contribution is -2.00. The lowest BCUT2D eigenvalue weighted by atomic mass is 10.2. The second-order valence-corrected chi connectivity index (χ2v) is 3.82. The van der Waals surface area contributed by atoms with Gasteiger partial charge in [-0.3, -0.25) is 0 Å².